The summed E-state index contributed by atoms with van der Waals surface area (Å²) < 4.78 is 0. The highest BCUT2D eigenvalue weighted by Gasteiger charge is 2.05. The molecule has 0 aliphatic rings. The summed E-state index contributed by atoms with van der Waals surface area (Å²) in [4.78, 5) is 11.3. The van der Waals surface area contributed by atoms with Crippen molar-refractivity contribution in [2.75, 3.05) is 0 Å². The Morgan fingerprint density at radius 2 is 2.20 bits per heavy atom. The van der Waals surface area contributed by atoms with Gasteiger partial charge in [-0.3, -0.25) is 4.79 Å². The van der Waals surface area contributed by atoms with Crippen molar-refractivity contribution in [1.29, 1.82) is 0 Å². The Balaban J connectivity index is 2.44. The van der Waals surface area contributed by atoms with Gasteiger partial charge in [-0.1, -0.05) is 29.8 Å². The molecule has 1 atom stereocenters. The van der Waals surface area contributed by atoms with Crippen molar-refractivity contribution in [1.82, 2.24) is 5.32 Å². The van der Waals surface area contributed by atoms with Crippen LogP contribution in [0.3, 0.4) is 0 Å². The third kappa shape index (κ3) is 4.32. The molecule has 0 saturated heterocycles. The lowest BCUT2D eigenvalue weighted by Gasteiger charge is -2.08. The van der Waals surface area contributed by atoms with Crippen molar-refractivity contribution in [3.63, 3.8) is 0 Å². The monoisotopic (exact) mass is 226 g/mol. The molecule has 0 aliphatic heterocycles. The van der Waals surface area contributed by atoms with Crippen LogP contribution in [0.1, 0.15) is 18.9 Å². The zero-order valence-electron chi connectivity index (χ0n) is 8.66. The molecule has 1 amide bonds. The molecular formula is C11H15ClN2O. The minimum absolute atomic E-state index is 0.0510. The second-order valence-electron chi connectivity index (χ2n) is 3.55. The molecule has 0 heterocycles. The van der Waals surface area contributed by atoms with Crippen molar-refractivity contribution in [2.45, 2.75) is 25.9 Å². The van der Waals surface area contributed by atoms with Crippen molar-refractivity contribution >= 4 is 17.5 Å². The highest BCUT2D eigenvalue weighted by Crippen LogP contribution is 2.14. The summed E-state index contributed by atoms with van der Waals surface area (Å²) in [6.07, 6.45) is 0.338. The number of carbonyl (C=O) groups excluding carboxylic acids is 1. The Bertz CT molecular complexity index is 339. The van der Waals surface area contributed by atoms with E-state index >= 15 is 0 Å². The summed E-state index contributed by atoms with van der Waals surface area (Å²) in [5, 5.41) is 3.43. The first kappa shape index (κ1) is 12.0. The Hall–Kier alpha value is -1.06. The molecule has 0 aromatic heterocycles. The van der Waals surface area contributed by atoms with E-state index in [9.17, 15) is 4.79 Å². The van der Waals surface area contributed by atoms with E-state index in [2.05, 4.69) is 5.32 Å². The van der Waals surface area contributed by atoms with Gasteiger partial charge in [0, 0.05) is 24.0 Å². The average molecular weight is 227 g/mol. The lowest BCUT2D eigenvalue weighted by Crippen LogP contribution is -2.29. The number of hydrogen-bond donors (Lipinski definition) is 2. The molecule has 0 aliphatic carbocycles. The SMILES string of the molecule is CC(N)CC(=O)NCc1ccccc1Cl. The van der Waals surface area contributed by atoms with E-state index in [0.29, 0.717) is 18.0 Å². The Morgan fingerprint density at radius 1 is 1.53 bits per heavy atom. The van der Waals surface area contributed by atoms with Crippen LogP contribution >= 0.6 is 11.6 Å². The normalized spacial score (nSPS) is 12.2. The maximum Gasteiger partial charge on any atom is 0.221 e. The standard InChI is InChI=1S/C11H15ClN2O/c1-8(13)6-11(15)14-7-9-4-2-3-5-10(9)12/h2-5,8H,6-7,13H2,1H3,(H,14,15). The van der Waals surface area contributed by atoms with E-state index in [1.165, 1.54) is 0 Å². The highest BCUT2D eigenvalue weighted by molar-refractivity contribution is 6.31. The fourth-order valence-corrected chi connectivity index (χ4v) is 1.40. The van der Waals surface area contributed by atoms with E-state index < -0.39 is 0 Å². The van der Waals surface area contributed by atoms with Crippen LogP contribution in [0.4, 0.5) is 0 Å². The largest absolute Gasteiger partial charge is 0.352 e. The predicted octanol–water partition coefficient (Wildman–Crippen LogP) is 1.69. The summed E-state index contributed by atoms with van der Waals surface area (Å²) in [5.41, 5.74) is 6.42. The van der Waals surface area contributed by atoms with Crippen LogP contribution in [0.5, 0.6) is 0 Å². The van der Waals surface area contributed by atoms with Gasteiger partial charge in [0.1, 0.15) is 0 Å². The maximum atomic E-state index is 11.3. The van der Waals surface area contributed by atoms with Crippen molar-refractivity contribution in [2.24, 2.45) is 5.73 Å². The first-order valence-corrected chi connectivity index (χ1v) is 5.23. The Morgan fingerprint density at radius 3 is 2.80 bits per heavy atom. The number of carbonyl (C=O) groups is 1. The van der Waals surface area contributed by atoms with Gasteiger partial charge in [-0.05, 0) is 18.6 Å². The van der Waals surface area contributed by atoms with Gasteiger partial charge in [-0.25, -0.2) is 0 Å². The number of hydrogen-bond acceptors (Lipinski definition) is 2. The molecule has 15 heavy (non-hydrogen) atoms. The molecule has 0 spiro atoms. The van der Waals surface area contributed by atoms with Gasteiger partial charge < -0.3 is 11.1 Å². The van der Waals surface area contributed by atoms with Crippen LogP contribution in [0, 0.1) is 0 Å². The molecular weight excluding hydrogens is 212 g/mol. The van der Waals surface area contributed by atoms with E-state index in [0.717, 1.165) is 5.56 Å². The zero-order chi connectivity index (χ0) is 11.3. The third-order valence-corrected chi connectivity index (χ3v) is 2.31. The second-order valence-corrected chi connectivity index (χ2v) is 3.96. The first-order chi connectivity index (χ1) is 7.09. The molecule has 3 nitrogen and oxygen atoms in total. The number of rotatable bonds is 4. The molecule has 1 rings (SSSR count). The van der Waals surface area contributed by atoms with Crippen molar-refractivity contribution in [3.05, 3.63) is 34.9 Å². The van der Waals surface area contributed by atoms with Gasteiger partial charge in [0.2, 0.25) is 5.91 Å². The fraction of sp³-hybridized carbons (Fsp3) is 0.364. The minimum Gasteiger partial charge on any atom is -0.352 e. The number of nitrogens with two attached hydrogens (primary N) is 1. The number of nitrogens with one attached hydrogen (secondary N) is 1. The lowest BCUT2D eigenvalue weighted by molar-refractivity contribution is -0.121. The molecule has 0 bridgehead atoms. The summed E-state index contributed by atoms with van der Waals surface area (Å²) in [6.45, 7) is 2.25. The van der Waals surface area contributed by atoms with E-state index in [4.69, 9.17) is 17.3 Å². The summed E-state index contributed by atoms with van der Waals surface area (Å²) in [6, 6.07) is 7.31. The Labute approximate surface area is 94.6 Å². The van der Waals surface area contributed by atoms with E-state index in [-0.39, 0.29) is 11.9 Å². The van der Waals surface area contributed by atoms with Gasteiger partial charge in [0.05, 0.1) is 0 Å². The number of benzene rings is 1. The van der Waals surface area contributed by atoms with Crippen molar-refractivity contribution < 1.29 is 4.79 Å². The lowest BCUT2D eigenvalue weighted by atomic mass is 10.2. The number of amides is 1. The number of halogens is 1. The van der Waals surface area contributed by atoms with Crippen molar-refractivity contribution in [3.8, 4) is 0 Å². The topological polar surface area (TPSA) is 55.1 Å². The zero-order valence-corrected chi connectivity index (χ0v) is 9.42. The molecule has 0 saturated carbocycles. The van der Waals surface area contributed by atoms with Crippen LogP contribution < -0.4 is 11.1 Å². The predicted molar refractivity (Wildman–Crippen MR) is 61.6 cm³/mol. The van der Waals surface area contributed by atoms with Crippen LogP contribution in [-0.2, 0) is 11.3 Å². The summed E-state index contributed by atoms with van der Waals surface area (Å²) in [5.74, 6) is -0.0510. The Kier molecular flexibility index (Phi) is 4.59. The average Bonchev–Trinajstić information content (AvgIpc) is 2.15. The molecule has 0 radical (unpaired) electrons. The minimum atomic E-state index is -0.115. The van der Waals surface area contributed by atoms with Gasteiger partial charge >= 0.3 is 0 Å². The fourth-order valence-electron chi connectivity index (χ4n) is 1.20. The molecule has 1 unspecified atom stereocenters. The highest BCUT2D eigenvalue weighted by atomic mass is 35.5. The van der Waals surface area contributed by atoms with E-state index in [1.807, 2.05) is 18.2 Å². The first-order valence-electron chi connectivity index (χ1n) is 4.85. The summed E-state index contributed by atoms with van der Waals surface area (Å²) >= 11 is 5.94. The van der Waals surface area contributed by atoms with Gasteiger partial charge in [0.15, 0.2) is 0 Å². The molecule has 4 heteroatoms. The van der Waals surface area contributed by atoms with E-state index in [1.54, 1.807) is 13.0 Å². The third-order valence-electron chi connectivity index (χ3n) is 1.94. The maximum absolute atomic E-state index is 11.3. The molecule has 1 aromatic rings. The molecule has 3 N–H and O–H groups in total. The van der Waals surface area contributed by atoms with Crippen LogP contribution in [0.25, 0.3) is 0 Å². The molecule has 82 valence electrons. The van der Waals surface area contributed by atoms with Crippen LogP contribution in [0.15, 0.2) is 24.3 Å². The second kappa shape index (κ2) is 5.73. The molecule has 1 aromatic carbocycles. The van der Waals surface area contributed by atoms with Gasteiger partial charge in [-0.15, -0.1) is 0 Å². The van der Waals surface area contributed by atoms with Gasteiger partial charge in [-0.2, -0.15) is 0 Å². The quantitative estimate of drug-likeness (QED) is 0.821. The van der Waals surface area contributed by atoms with Crippen LogP contribution in [0.2, 0.25) is 5.02 Å². The van der Waals surface area contributed by atoms with Gasteiger partial charge in [0.25, 0.3) is 0 Å². The molecule has 0 fully saturated rings. The van der Waals surface area contributed by atoms with Crippen LogP contribution in [-0.4, -0.2) is 11.9 Å². The summed E-state index contributed by atoms with van der Waals surface area (Å²) in [7, 11) is 0. The smallest absolute Gasteiger partial charge is 0.221 e.